The van der Waals surface area contributed by atoms with Gasteiger partial charge in [0, 0.05) is 6.04 Å². The SMILES string of the molecule is CC1CCCC(NC(=O)N[C@H](CC(N)=O)C(=O)O)CC1. The van der Waals surface area contributed by atoms with Gasteiger partial charge in [-0.15, -0.1) is 0 Å². The number of carboxylic acids is 1. The first-order valence-corrected chi connectivity index (χ1v) is 6.96. The minimum atomic E-state index is -1.28. The zero-order valence-corrected chi connectivity index (χ0v) is 11.7. The van der Waals surface area contributed by atoms with Crippen molar-refractivity contribution in [2.45, 2.75) is 57.5 Å². The van der Waals surface area contributed by atoms with Crippen LogP contribution in [0.25, 0.3) is 0 Å². The summed E-state index contributed by atoms with van der Waals surface area (Å²) in [6.45, 7) is 2.19. The van der Waals surface area contributed by atoms with Crippen LogP contribution >= 0.6 is 0 Å². The number of hydrogen-bond donors (Lipinski definition) is 4. The molecule has 1 aliphatic carbocycles. The van der Waals surface area contributed by atoms with E-state index < -0.39 is 30.4 Å². The van der Waals surface area contributed by atoms with Gasteiger partial charge in [0.2, 0.25) is 5.91 Å². The first kappa shape index (κ1) is 16.3. The van der Waals surface area contributed by atoms with Gasteiger partial charge in [0.05, 0.1) is 6.42 Å². The Morgan fingerprint density at radius 3 is 2.55 bits per heavy atom. The molecule has 0 aromatic carbocycles. The van der Waals surface area contributed by atoms with Crippen molar-refractivity contribution in [2.24, 2.45) is 11.7 Å². The number of urea groups is 1. The molecule has 5 N–H and O–H groups in total. The van der Waals surface area contributed by atoms with Crippen LogP contribution in [-0.4, -0.2) is 35.1 Å². The van der Waals surface area contributed by atoms with Crippen LogP contribution in [-0.2, 0) is 9.59 Å². The molecule has 1 aliphatic rings. The van der Waals surface area contributed by atoms with E-state index in [-0.39, 0.29) is 6.04 Å². The van der Waals surface area contributed by atoms with Crippen molar-refractivity contribution >= 4 is 17.9 Å². The van der Waals surface area contributed by atoms with Crippen molar-refractivity contribution in [3.05, 3.63) is 0 Å². The molecule has 0 spiro atoms. The zero-order valence-electron chi connectivity index (χ0n) is 11.7. The van der Waals surface area contributed by atoms with Crippen molar-refractivity contribution in [1.29, 1.82) is 0 Å². The minimum Gasteiger partial charge on any atom is -0.480 e. The molecule has 1 saturated carbocycles. The molecule has 0 aromatic rings. The number of carbonyl (C=O) groups excluding carboxylic acids is 2. The monoisotopic (exact) mass is 285 g/mol. The Labute approximate surface area is 118 Å². The van der Waals surface area contributed by atoms with Crippen LogP contribution in [0.3, 0.4) is 0 Å². The van der Waals surface area contributed by atoms with Gasteiger partial charge in [0.25, 0.3) is 0 Å². The number of nitrogens with one attached hydrogen (secondary N) is 2. The average Bonchev–Trinajstić information content (AvgIpc) is 2.53. The number of amides is 3. The predicted molar refractivity (Wildman–Crippen MR) is 72.9 cm³/mol. The Kier molecular flexibility index (Phi) is 6.27. The second kappa shape index (κ2) is 7.72. The number of rotatable bonds is 5. The summed E-state index contributed by atoms with van der Waals surface area (Å²) in [5, 5.41) is 14.0. The summed E-state index contributed by atoms with van der Waals surface area (Å²) in [5.41, 5.74) is 4.95. The van der Waals surface area contributed by atoms with Crippen molar-refractivity contribution in [3.8, 4) is 0 Å². The van der Waals surface area contributed by atoms with Crippen LogP contribution < -0.4 is 16.4 Å². The Balaban J connectivity index is 2.44. The molecule has 0 saturated heterocycles. The van der Waals surface area contributed by atoms with E-state index in [4.69, 9.17) is 10.8 Å². The highest BCUT2D eigenvalue weighted by Crippen LogP contribution is 2.22. The van der Waals surface area contributed by atoms with Gasteiger partial charge in [-0.2, -0.15) is 0 Å². The predicted octanol–water partition coefficient (Wildman–Crippen LogP) is 0.583. The Morgan fingerprint density at radius 1 is 1.25 bits per heavy atom. The Bertz CT molecular complexity index is 373. The van der Waals surface area contributed by atoms with Crippen molar-refractivity contribution in [1.82, 2.24) is 10.6 Å². The van der Waals surface area contributed by atoms with E-state index in [1.54, 1.807) is 0 Å². The van der Waals surface area contributed by atoms with Crippen LogP contribution in [0.5, 0.6) is 0 Å². The molecule has 7 heteroatoms. The van der Waals surface area contributed by atoms with Gasteiger partial charge in [0.1, 0.15) is 6.04 Å². The Morgan fingerprint density at radius 2 is 1.95 bits per heavy atom. The number of hydrogen-bond acceptors (Lipinski definition) is 3. The molecule has 1 rings (SSSR count). The molecule has 1 fully saturated rings. The lowest BCUT2D eigenvalue weighted by atomic mass is 10.0. The number of carbonyl (C=O) groups is 3. The molecule has 0 aromatic heterocycles. The molecule has 20 heavy (non-hydrogen) atoms. The lowest BCUT2D eigenvalue weighted by molar-refractivity contribution is -0.140. The lowest BCUT2D eigenvalue weighted by Crippen LogP contribution is -2.50. The number of aliphatic carboxylic acids is 1. The highest BCUT2D eigenvalue weighted by atomic mass is 16.4. The van der Waals surface area contributed by atoms with E-state index in [0.29, 0.717) is 5.92 Å². The van der Waals surface area contributed by atoms with Crippen LogP contribution in [0.1, 0.15) is 45.4 Å². The molecule has 0 bridgehead atoms. The van der Waals surface area contributed by atoms with Crippen LogP contribution in [0, 0.1) is 5.92 Å². The summed E-state index contributed by atoms with van der Waals surface area (Å²) in [5.74, 6) is -1.37. The van der Waals surface area contributed by atoms with Crippen LogP contribution in [0.4, 0.5) is 4.79 Å². The van der Waals surface area contributed by atoms with Crippen molar-refractivity contribution < 1.29 is 19.5 Å². The summed E-state index contributed by atoms with van der Waals surface area (Å²) in [6.07, 6.45) is 4.63. The van der Waals surface area contributed by atoms with Gasteiger partial charge in [0.15, 0.2) is 0 Å². The molecule has 0 heterocycles. The standard InChI is InChI=1S/C13H23N3O4/c1-8-3-2-4-9(6-5-8)15-13(20)16-10(12(18)19)7-11(14)17/h8-10H,2-7H2,1H3,(H2,14,17)(H,18,19)(H2,15,16,20)/t8?,9?,10-/m1/s1. The van der Waals surface area contributed by atoms with E-state index in [2.05, 4.69) is 17.6 Å². The fraction of sp³-hybridized carbons (Fsp3) is 0.769. The molecular weight excluding hydrogens is 262 g/mol. The maximum atomic E-state index is 11.8. The van der Waals surface area contributed by atoms with E-state index in [9.17, 15) is 14.4 Å². The van der Waals surface area contributed by atoms with Gasteiger partial charge < -0.3 is 21.5 Å². The molecule has 114 valence electrons. The second-order valence-electron chi connectivity index (χ2n) is 5.49. The number of primary amides is 1. The topological polar surface area (TPSA) is 122 Å². The normalized spacial score (nSPS) is 24.2. The maximum absolute atomic E-state index is 11.8. The van der Waals surface area contributed by atoms with Crippen molar-refractivity contribution in [2.75, 3.05) is 0 Å². The van der Waals surface area contributed by atoms with Gasteiger partial charge in [-0.05, 0) is 25.2 Å². The van der Waals surface area contributed by atoms with Gasteiger partial charge in [-0.25, -0.2) is 9.59 Å². The third kappa shape index (κ3) is 5.90. The quantitative estimate of drug-likeness (QED) is 0.552. The number of nitrogens with two attached hydrogens (primary N) is 1. The van der Waals surface area contributed by atoms with E-state index in [1.807, 2.05) is 0 Å². The summed E-state index contributed by atoms with van der Waals surface area (Å²) in [4.78, 5) is 33.4. The van der Waals surface area contributed by atoms with Crippen LogP contribution in [0.2, 0.25) is 0 Å². The second-order valence-corrected chi connectivity index (χ2v) is 5.49. The van der Waals surface area contributed by atoms with Gasteiger partial charge in [-0.3, -0.25) is 4.79 Å². The smallest absolute Gasteiger partial charge is 0.326 e. The zero-order chi connectivity index (χ0) is 15.1. The summed E-state index contributed by atoms with van der Waals surface area (Å²) in [6, 6.07) is -1.78. The largest absolute Gasteiger partial charge is 0.480 e. The Hall–Kier alpha value is -1.79. The summed E-state index contributed by atoms with van der Waals surface area (Å²) in [7, 11) is 0. The highest BCUT2D eigenvalue weighted by molar-refractivity contribution is 5.87. The van der Waals surface area contributed by atoms with Crippen molar-refractivity contribution in [3.63, 3.8) is 0 Å². The minimum absolute atomic E-state index is 0.0583. The molecular formula is C13H23N3O4. The average molecular weight is 285 g/mol. The van der Waals surface area contributed by atoms with Crippen LogP contribution in [0.15, 0.2) is 0 Å². The third-order valence-corrected chi connectivity index (χ3v) is 3.60. The van der Waals surface area contributed by atoms with Gasteiger partial charge >= 0.3 is 12.0 Å². The molecule has 3 atom stereocenters. The highest BCUT2D eigenvalue weighted by Gasteiger charge is 2.24. The molecule has 0 radical (unpaired) electrons. The lowest BCUT2D eigenvalue weighted by Gasteiger charge is -2.19. The molecule has 7 nitrogen and oxygen atoms in total. The fourth-order valence-electron chi connectivity index (χ4n) is 2.42. The van der Waals surface area contributed by atoms with E-state index in [1.165, 1.54) is 0 Å². The number of carboxylic acid groups (broad SMARTS) is 1. The fourth-order valence-corrected chi connectivity index (χ4v) is 2.42. The van der Waals surface area contributed by atoms with Gasteiger partial charge in [-0.1, -0.05) is 19.8 Å². The molecule has 3 amide bonds. The van der Waals surface area contributed by atoms with E-state index >= 15 is 0 Å². The first-order chi connectivity index (χ1) is 9.38. The maximum Gasteiger partial charge on any atom is 0.326 e. The first-order valence-electron chi connectivity index (χ1n) is 6.96. The third-order valence-electron chi connectivity index (χ3n) is 3.60. The molecule has 0 aliphatic heterocycles. The summed E-state index contributed by atoms with van der Waals surface area (Å²) < 4.78 is 0. The summed E-state index contributed by atoms with van der Waals surface area (Å²) >= 11 is 0. The molecule has 2 unspecified atom stereocenters. The van der Waals surface area contributed by atoms with E-state index in [0.717, 1.165) is 32.1 Å².